The minimum Gasteiger partial charge on any atom is -0.482 e. The van der Waals surface area contributed by atoms with Crippen LogP contribution in [0.3, 0.4) is 0 Å². The van der Waals surface area contributed by atoms with Gasteiger partial charge in [-0.1, -0.05) is 6.07 Å². The smallest absolute Gasteiger partial charge is 0.262 e. The van der Waals surface area contributed by atoms with E-state index in [0.29, 0.717) is 0 Å². The van der Waals surface area contributed by atoms with Crippen molar-refractivity contribution in [2.75, 3.05) is 25.0 Å². The Hall–Kier alpha value is -1.55. The number of aryl methyl sites for hydroxylation is 1. The summed E-state index contributed by atoms with van der Waals surface area (Å²) in [4.78, 5) is 11.3. The third kappa shape index (κ3) is 3.07. The Morgan fingerprint density at radius 2 is 2.32 bits per heavy atom. The molecule has 1 saturated heterocycles. The van der Waals surface area contributed by atoms with Gasteiger partial charge in [0, 0.05) is 0 Å². The van der Waals surface area contributed by atoms with Gasteiger partial charge in [0.25, 0.3) is 5.91 Å². The van der Waals surface area contributed by atoms with Gasteiger partial charge in [-0.2, -0.15) is 0 Å². The lowest BCUT2D eigenvalue weighted by Gasteiger charge is -2.23. The van der Waals surface area contributed by atoms with Gasteiger partial charge in [-0.15, -0.1) is 0 Å². The number of hydrogen-bond donors (Lipinski definition) is 2. The molecule has 1 atom stereocenters. The summed E-state index contributed by atoms with van der Waals surface area (Å²) in [5.74, 6) is 1.50. The van der Waals surface area contributed by atoms with Gasteiger partial charge < -0.3 is 15.4 Å². The van der Waals surface area contributed by atoms with E-state index in [-0.39, 0.29) is 12.5 Å². The molecule has 0 aromatic heterocycles. The quantitative estimate of drug-likeness (QED) is 0.873. The Morgan fingerprint density at radius 3 is 3.16 bits per heavy atom. The Balaban J connectivity index is 1.61. The molecule has 1 fully saturated rings. The van der Waals surface area contributed by atoms with Crippen LogP contribution in [0.15, 0.2) is 18.2 Å². The molecule has 102 valence electrons. The van der Waals surface area contributed by atoms with Crippen LogP contribution in [-0.4, -0.2) is 25.6 Å². The third-order valence-corrected chi connectivity index (χ3v) is 3.92. The first-order chi connectivity index (χ1) is 9.31. The topological polar surface area (TPSA) is 50.4 Å². The van der Waals surface area contributed by atoms with E-state index in [1.165, 1.54) is 31.4 Å². The average molecular weight is 260 g/mol. The number of nitrogens with one attached hydrogen (secondary N) is 2. The van der Waals surface area contributed by atoms with Crippen molar-refractivity contribution in [1.29, 1.82) is 0 Å². The highest BCUT2D eigenvalue weighted by molar-refractivity contribution is 5.95. The molecular weight excluding hydrogens is 240 g/mol. The van der Waals surface area contributed by atoms with Crippen LogP contribution in [-0.2, 0) is 11.2 Å². The molecular formula is C15H20N2O2. The maximum atomic E-state index is 11.3. The van der Waals surface area contributed by atoms with Crippen molar-refractivity contribution in [2.24, 2.45) is 5.92 Å². The predicted molar refractivity (Wildman–Crippen MR) is 74.5 cm³/mol. The first-order valence-electron chi connectivity index (χ1n) is 7.07. The number of rotatable bonds is 3. The van der Waals surface area contributed by atoms with Gasteiger partial charge in [0.15, 0.2) is 6.61 Å². The Bertz CT molecular complexity index is 467. The zero-order valence-corrected chi connectivity index (χ0v) is 11.1. The van der Waals surface area contributed by atoms with Gasteiger partial charge >= 0.3 is 0 Å². The number of carbonyl (C=O) groups excluding carboxylic acids is 1. The molecule has 2 N–H and O–H groups in total. The summed E-state index contributed by atoms with van der Waals surface area (Å²) in [6.07, 6.45) is 4.90. The van der Waals surface area contributed by atoms with Crippen molar-refractivity contribution in [3.8, 4) is 5.75 Å². The summed E-state index contributed by atoms with van der Waals surface area (Å²) in [6, 6.07) is 6.11. The molecule has 0 bridgehead atoms. The Morgan fingerprint density at radius 1 is 1.37 bits per heavy atom. The van der Waals surface area contributed by atoms with Crippen LogP contribution in [0.4, 0.5) is 5.69 Å². The fourth-order valence-corrected chi connectivity index (χ4v) is 2.83. The predicted octanol–water partition coefficient (Wildman–Crippen LogP) is 1.95. The van der Waals surface area contributed by atoms with E-state index in [1.807, 2.05) is 12.1 Å². The van der Waals surface area contributed by atoms with E-state index >= 15 is 0 Å². The zero-order valence-electron chi connectivity index (χ0n) is 11.1. The van der Waals surface area contributed by atoms with E-state index < -0.39 is 0 Å². The van der Waals surface area contributed by atoms with Crippen molar-refractivity contribution in [1.82, 2.24) is 5.32 Å². The molecule has 0 spiro atoms. The van der Waals surface area contributed by atoms with Gasteiger partial charge in [-0.3, -0.25) is 4.79 Å². The van der Waals surface area contributed by atoms with Gasteiger partial charge in [-0.05, 0) is 62.4 Å². The first-order valence-corrected chi connectivity index (χ1v) is 7.07. The van der Waals surface area contributed by atoms with Crippen molar-refractivity contribution < 1.29 is 9.53 Å². The van der Waals surface area contributed by atoms with E-state index in [2.05, 4.69) is 16.7 Å². The minimum atomic E-state index is -0.0684. The highest BCUT2D eigenvalue weighted by atomic mass is 16.5. The Kier molecular flexibility index (Phi) is 3.69. The fraction of sp³-hybridized carbons (Fsp3) is 0.533. The van der Waals surface area contributed by atoms with Crippen LogP contribution in [0.2, 0.25) is 0 Å². The lowest BCUT2D eigenvalue weighted by Crippen LogP contribution is -2.30. The maximum Gasteiger partial charge on any atom is 0.262 e. The van der Waals surface area contributed by atoms with Crippen molar-refractivity contribution in [3.05, 3.63) is 23.8 Å². The van der Waals surface area contributed by atoms with Gasteiger partial charge in [-0.25, -0.2) is 0 Å². The molecule has 1 aromatic rings. The number of ether oxygens (including phenoxy) is 1. The van der Waals surface area contributed by atoms with Crippen LogP contribution < -0.4 is 15.4 Å². The van der Waals surface area contributed by atoms with Crippen LogP contribution >= 0.6 is 0 Å². The van der Waals surface area contributed by atoms with Crippen molar-refractivity contribution >= 4 is 11.6 Å². The fourth-order valence-electron chi connectivity index (χ4n) is 2.83. The summed E-state index contributed by atoms with van der Waals surface area (Å²) in [7, 11) is 0. The van der Waals surface area contributed by atoms with E-state index in [0.717, 1.165) is 30.3 Å². The second-order valence-electron chi connectivity index (χ2n) is 5.42. The SMILES string of the molecule is O=C1COc2ccc(CCC3CCCNC3)cc2N1. The number of carbonyl (C=O) groups is 1. The molecule has 1 amide bonds. The second-order valence-corrected chi connectivity index (χ2v) is 5.42. The molecule has 1 aromatic carbocycles. The lowest BCUT2D eigenvalue weighted by atomic mass is 9.92. The summed E-state index contributed by atoms with van der Waals surface area (Å²) < 4.78 is 5.36. The Labute approximate surface area is 113 Å². The maximum absolute atomic E-state index is 11.3. The number of anilines is 1. The zero-order chi connectivity index (χ0) is 13.1. The second kappa shape index (κ2) is 5.61. The average Bonchev–Trinajstić information content (AvgIpc) is 2.46. The molecule has 4 nitrogen and oxygen atoms in total. The number of piperidine rings is 1. The molecule has 4 heteroatoms. The van der Waals surface area contributed by atoms with Gasteiger partial charge in [0.05, 0.1) is 5.69 Å². The molecule has 0 aliphatic carbocycles. The summed E-state index contributed by atoms with van der Waals surface area (Å²) >= 11 is 0. The monoisotopic (exact) mass is 260 g/mol. The minimum absolute atomic E-state index is 0.0684. The van der Waals surface area contributed by atoms with Crippen LogP contribution in [0.25, 0.3) is 0 Å². The van der Waals surface area contributed by atoms with Crippen LogP contribution in [0.1, 0.15) is 24.8 Å². The number of hydrogen-bond acceptors (Lipinski definition) is 3. The van der Waals surface area contributed by atoms with E-state index in [4.69, 9.17) is 4.74 Å². The van der Waals surface area contributed by atoms with Crippen molar-refractivity contribution in [2.45, 2.75) is 25.7 Å². The van der Waals surface area contributed by atoms with Gasteiger partial charge in [0.2, 0.25) is 0 Å². The molecule has 3 rings (SSSR count). The molecule has 0 saturated carbocycles. The summed E-state index contributed by atoms with van der Waals surface area (Å²) in [5.41, 5.74) is 2.09. The summed E-state index contributed by atoms with van der Waals surface area (Å²) in [6.45, 7) is 2.43. The molecule has 2 aliphatic rings. The number of amides is 1. The normalized spacial score (nSPS) is 22.3. The highest BCUT2D eigenvalue weighted by Crippen LogP contribution is 2.29. The molecule has 0 radical (unpaired) electrons. The van der Waals surface area contributed by atoms with E-state index in [1.54, 1.807) is 0 Å². The van der Waals surface area contributed by atoms with Gasteiger partial charge in [0.1, 0.15) is 5.75 Å². The standard InChI is InChI=1S/C15H20N2O2/c18-15-10-19-14-6-5-11(8-13(14)17-15)3-4-12-2-1-7-16-9-12/h5-6,8,12,16H,1-4,7,9-10H2,(H,17,18). The molecule has 1 unspecified atom stereocenters. The molecule has 2 heterocycles. The van der Waals surface area contributed by atoms with E-state index in [9.17, 15) is 4.79 Å². The first kappa shape index (κ1) is 12.5. The largest absolute Gasteiger partial charge is 0.482 e. The summed E-state index contributed by atoms with van der Waals surface area (Å²) in [5, 5.41) is 6.31. The third-order valence-electron chi connectivity index (χ3n) is 3.92. The molecule has 19 heavy (non-hydrogen) atoms. The highest BCUT2D eigenvalue weighted by Gasteiger charge is 2.17. The number of fused-ring (bicyclic) bond motifs is 1. The van der Waals surface area contributed by atoms with Crippen LogP contribution in [0, 0.1) is 5.92 Å². The van der Waals surface area contributed by atoms with Crippen molar-refractivity contribution in [3.63, 3.8) is 0 Å². The lowest BCUT2D eigenvalue weighted by molar-refractivity contribution is -0.118. The number of benzene rings is 1. The molecule has 2 aliphatic heterocycles. The van der Waals surface area contributed by atoms with Crippen LogP contribution in [0.5, 0.6) is 5.75 Å².